The predicted molar refractivity (Wildman–Crippen MR) is 91.5 cm³/mol. The van der Waals surface area contributed by atoms with E-state index in [1.165, 1.54) is 6.92 Å². The number of amides is 3. The fourth-order valence-corrected chi connectivity index (χ4v) is 1.99. The first-order valence-electron chi connectivity index (χ1n) is 7.60. The van der Waals surface area contributed by atoms with Crippen LogP contribution in [0.1, 0.15) is 27.2 Å². The van der Waals surface area contributed by atoms with Gasteiger partial charge < -0.3 is 26.8 Å². The Balaban J connectivity index is 4.96. The number of rotatable bonds is 10. The van der Waals surface area contributed by atoms with Crippen LogP contribution in [-0.2, 0) is 19.2 Å². The van der Waals surface area contributed by atoms with Crippen LogP contribution in [0.15, 0.2) is 0 Å². The van der Waals surface area contributed by atoms with E-state index in [2.05, 4.69) is 28.6 Å². The zero-order valence-electron chi connectivity index (χ0n) is 14.0. The minimum absolute atomic E-state index is 0.0222. The average Bonchev–Trinajstić information content (AvgIpc) is 2.53. The Morgan fingerprint density at radius 1 is 1.08 bits per heavy atom. The van der Waals surface area contributed by atoms with E-state index in [1.54, 1.807) is 6.92 Å². The van der Waals surface area contributed by atoms with E-state index in [9.17, 15) is 19.2 Å². The second-order valence-corrected chi connectivity index (χ2v) is 5.88. The van der Waals surface area contributed by atoms with E-state index >= 15 is 0 Å². The van der Waals surface area contributed by atoms with Crippen molar-refractivity contribution in [3.05, 3.63) is 0 Å². The normalized spacial score (nSPS) is 15.5. The smallest absolute Gasteiger partial charge is 0.322 e. The molecule has 138 valence electrons. The molecule has 0 aromatic carbocycles. The van der Waals surface area contributed by atoms with Gasteiger partial charge in [0.1, 0.15) is 18.6 Å². The van der Waals surface area contributed by atoms with Crippen LogP contribution in [0, 0.1) is 5.92 Å². The van der Waals surface area contributed by atoms with Crippen molar-refractivity contribution in [3.8, 4) is 0 Å². The van der Waals surface area contributed by atoms with Gasteiger partial charge >= 0.3 is 5.97 Å². The molecule has 0 rings (SSSR count). The molecular formula is C14H26N4O5S. The molecule has 24 heavy (non-hydrogen) atoms. The first-order valence-corrected chi connectivity index (χ1v) is 8.23. The molecule has 4 atom stereocenters. The van der Waals surface area contributed by atoms with Crippen molar-refractivity contribution in [2.75, 3.05) is 12.3 Å². The highest BCUT2D eigenvalue weighted by Crippen LogP contribution is 2.09. The van der Waals surface area contributed by atoms with Gasteiger partial charge in [-0.05, 0) is 12.8 Å². The SMILES string of the molecule is CCC(C)C(NC(=O)C(C)N)C(=O)NC(CS)C(=O)NCC(=O)O. The van der Waals surface area contributed by atoms with Gasteiger partial charge in [-0.3, -0.25) is 19.2 Å². The zero-order valence-corrected chi connectivity index (χ0v) is 14.9. The molecule has 0 saturated carbocycles. The van der Waals surface area contributed by atoms with Crippen LogP contribution in [0.4, 0.5) is 0 Å². The lowest BCUT2D eigenvalue weighted by Gasteiger charge is -2.26. The molecule has 4 unspecified atom stereocenters. The number of aliphatic carboxylic acids is 1. The number of nitrogens with one attached hydrogen (secondary N) is 3. The van der Waals surface area contributed by atoms with Crippen molar-refractivity contribution >= 4 is 36.3 Å². The summed E-state index contributed by atoms with van der Waals surface area (Å²) in [4.78, 5) is 46.5. The van der Waals surface area contributed by atoms with E-state index in [-0.39, 0.29) is 11.7 Å². The standard InChI is InChI=1S/C14H26N4O5S/c1-4-7(2)11(18-12(21)8(3)15)14(23)17-9(6-24)13(22)16-5-10(19)20/h7-9,11,24H,4-6,15H2,1-3H3,(H,16,22)(H,17,23)(H,18,21)(H,19,20). The van der Waals surface area contributed by atoms with Crippen molar-refractivity contribution in [2.24, 2.45) is 11.7 Å². The van der Waals surface area contributed by atoms with Crippen molar-refractivity contribution in [2.45, 2.75) is 45.3 Å². The van der Waals surface area contributed by atoms with Crippen LogP contribution in [0.2, 0.25) is 0 Å². The quantitative estimate of drug-likeness (QED) is 0.260. The Kier molecular flexibility index (Phi) is 10.0. The van der Waals surface area contributed by atoms with Gasteiger partial charge in [-0.1, -0.05) is 20.3 Å². The summed E-state index contributed by atoms with van der Waals surface area (Å²) < 4.78 is 0. The van der Waals surface area contributed by atoms with Crippen molar-refractivity contribution in [1.29, 1.82) is 0 Å². The van der Waals surface area contributed by atoms with Crippen LogP contribution in [-0.4, -0.2) is 59.2 Å². The Morgan fingerprint density at radius 2 is 1.67 bits per heavy atom. The van der Waals surface area contributed by atoms with Crippen molar-refractivity contribution in [3.63, 3.8) is 0 Å². The van der Waals surface area contributed by atoms with Crippen LogP contribution in [0.5, 0.6) is 0 Å². The van der Waals surface area contributed by atoms with Gasteiger partial charge in [0.2, 0.25) is 17.7 Å². The van der Waals surface area contributed by atoms with Crippen LogP contribution in [0.25, 0.3) is 0 Å². The van der Waals surface area contributed by atoms with Gasteiger partial charge in [-0.15, -0.1) is 0 Å². The molecule has 0 aliphatic rings. The van der Waals surface area contributed by atoms with Gasteiger partial charge in [0.05, 0.1) is 6.04 Å². The molecule has 0 spiro atoms. The third-order valence-corrected chi connectivity index (χ3v) is 3.80. The van der Waals surface area contributed by atoms with Crippen LogP contribution >= 0.6 is 12.6 Å². The lowest BCUT2D eigenvalue weighted by atomic mass is 9.97. The molecule has 0 heterocycles. The summed E-state index contributed by atoms with van der Waals surface area (Å²) in [7, 11) is 0. The largest absolute Gasteiger partial charge is 0.480 e. The zero-order chi connectivity index (χ0) is 18.9. The Morgan fingerprint density at radius 3 is 2.08 bits per heavy atom. The summed E-state index contributed by atoms with van der Waals surface area (Å²) >= 11 is 3.99. The maximum atomic E-state index is 12.4. The van der Waals surface area contributed by atoms with Crippen LogP contribution in [0.3, 0.4) is 0 Å². The second kappa shape index (κ2) is 10.9. The lowest BCUT2D eigenvalue weighted by molar-refractivity contribution is -0.138. The second-order valence-electron chi connectivity index (χ2n) is 5.52. The first kappa shape index (κ1) is 22.2. The highest BCUT2D eigenvalue weighted by atomic mass is 32.1. The average molecular weight is 362 g/mol. The monoisotopic (exact) mass is 362 g/mol. The fraction of sp³-hybridized carbons (Fsp3) is 0.714. The highest BCUT2D eigenvalue weighted by Gasteiger charge is 2.30. The maximum absolute atomic E-state index is 12.4. The number of carbonyl (C=O) groups excluding carboxylic acids is 3. The molecular weight excluding hydrogens is 336 g/mol. The number of hydrogen-bond acceptors (Lipinski definition) is 6. The molecule has 0 aromatic heterocycles. The molecule has 0 radical (unpaired) electrons. The van der Waals surface area contributed by atoms with Gasteiger partial charge in [-0.25, -0.2) is 0 Å². The fourth-order valence-electron chi connectivity index (χ4n) is 1.73. The Hall–Kier alpha value is -1.81. The number of carboxylic acid groups (broad SMARTS) is 1. The summed E-state index contributed by atoms with van der Waals surface area (Å²) in [6, 6.07) is -2.65. The number of carbonyl (C=O) groups is 4. The maximum Gasteiger partial charge on any atom is 0.322 e. The lowest BCUT2D eigenvalue weighted by Crippen LogP contribution is -2.58. The minimum Gasteiger partial charge on any atom is -0.480 e. The van der Waals surface area contributed by atoms with Gasteiger partial charge in [-0.2, -0.15) is 12.6 Å². The Bertz CT molecular complexity index is 472. The predicted octanol–water partition coefficient (Wildman–Crippen LogP) is -1.52. The summed E-state index contributed by atoms with van der Waals surface area (Å²) in [6.45, 7) is 4.58. The molecule has 3 amide bonds. The summed E-state index contributed by atoms with van der Waals surface area (Å²) in [6.07, 6.45) is 0.619. The molecule has 0 fully saturated rings. The third kappa shape index (κ3) is 7.64. The first-order chi connectivity index (χ1) is 11.1. The third-order valence-electron chi connectivity index (χ3n) is 3.44. The van der Waals surface area contributed by atoms with E-state index in [4.69, 9.17) is 10.8 Å². The number of nitrogens with two attached hydrogens (primary N) is 1. The molecule has 0 bridgehead atoms. The molecule has 0 saturated heterocycles. The topological polar surface area (TPSA) is 151 Å². The Labute approximate surface area is 146 Å². The molecule has 0 aliphatic carbocycles. The van der Waals surface area contributed by atoms with E-state index < -0.39 is 48.4 Å². The minimum atomic E-state index is -1.20. The summed E-state index contributed by atoms with van der Waals surface area (Å²) in [5.74, 6) is -3.10. The van der Waals surface area contributed by atoms with Gasteiger partial charge in [0, 0.05) is 5.75 Å². The molecule has 9 nitrogen and oxygen atoms in total. The van der Waals surface area contributed by atoms with Crippen molar-refractivity contribution in [1.82, 2.24) is 16.0 Å². The molecule has 0 aliphatic heterocycles. The van der Waals surface area contributed by atoms with Crippen molar-refractivity contribution < 1.29 is 24.3 Å². The van der Waals surface area contributed by atoms with E-state index in [1.807, 2.05) is 6.92 Å². The van der Waals surface area contributed by atoms with E-state index in [0.717, 1.165) is 0 Å². The van der Waals surface area contributed by atoms with E-state index in [0.29, 0.717) is 6.42 Å². The number of carboxylic acids is 1. The summed E-state index contributed by atoms with van der Waals surface area (Å²) in [5, 5.41) is 15.8. The number of thiol groups is 1. The summed E-state index contributed by atoms with van der Waals surface area (Å²) in [5.41, 5.74) is 5.49. The van der Waals surface area contributed by atoms with Gasteiger partial charge in [0.25, 0.3) is 0 Å². The van der Waals surface area contributed by atoms with Crippen LogP contribution < -0.4 is 21.7 Å². The molecule has 6 N–H and O–H groups in total. The highest BCUT2D eigenvalue weighted by molar-refractivity contribution is 7.80. The molecule has 10 heteroatoms. The number of hydrogen-bond donors (Lipinski definition) is 6. The van der Waals surface area contributed by atoms with Gasteiger partial charge in [0.15, 0.2) is 0 Å². The molecule has 0 aromatic rings.